The van der Waals surface area contributed by atoms with Crippen LogP contribution in [-0.4, -0.2) is 8.42 Å². The summed E-state index contributed by atoms with van der Waals surface area (Å²) in [6, 6.07) is 4.56. The normalized spacial score (nSPS) is 11.6. The fourth-order valence-corrected chi connectivity index (χ4v) is 5.05. The van der Waals surface area contributed by atoms with Crippen LogP contribution in [0.3, 0.4) is 0 Å². The van der Waals surface area contributed by atoms with Gasteiger partial charge in [0.15, 0.2) is 0 Å². The van der Waals surface area contributed by atoms with Gasteiger partial charge in [0.05, 0.1) is 10.7 Å². The van der Waals surface area contributed by atoms with E-state index < -0.39 is 10.0 Å². The Morgan fingerprint density at radius 1 is 1.35 bits per heavy atom. The van der Waals surface area contributed by atoms with Gasteiger partial charge in [0.1, 0.15) is 4.90 Å². The highest BCUT2D eigenvalue weighted by atomic mass is 35.5. The summed E-state index contributed by atoms with van der Waals surface area (Å²) >= 11 is 13.1. The molecule has 0 spiro atoms. The van der Waals surface area contributed by atoms with E-state index in [0.717, 1.165) is 0 Å². The molecule has 0 saturated carbocycles. The van der Waals surface area contributed by atoms with E-state index in [2.05, 4.69) is 4.72 Å². The highest BCUT2D eigenvalue weighted by Gasteiger charge is 2.23. The van der Waals surface area contributed by atoms with Crippen LogP contribution in [0.15, 0.2) is 28.5 Å². The van der Waals surface area contributed by atoms with Gasteiger partial charge in [0, 0.05) is 16.4 Å². The maximum atomic E-state index is 12.4. The van der Waals surface area contributed by atoms with Gasteiger partial charge < -0.3 is 5.73 Å². The first-order valence-corrected chi connectivity index (χ1v) is 8.72. The molecule has 0 amide bonds. The van der Waals surface area contributed by atoms with Crippen molar-refractivity contribution in [3.63, 3.8) is 0 Å². The Kier molecular flexibility index (Phi) is 4.61. The van der Waals surface area contributed by atoms with Crippen molar-refractivity contribution in [1.82, 2.24) is 0 Å². The van der Waals surface area contributed by atoms with Crippen LogP contribution in [-0.2, 0) is 16.6 Å². The van der Waals surface area contributed by atoms with Gasteiger partial charge in [-0.3, -0.25) is 4.72 Å². The molecule has 4 nitrogen and oxygen atoms in total. The summed E-state index contributed by atoms with van der Waals surface area (Å²) < 4.78 is 27.4. The fraction of sp³-hybridized carbons (Fsp3) is 0.167. The minimum Gasteiger partial charge on any atom is -0.326 e. The summed E-state index contributed by atoms with van der Waals surface area (Å²) in [5.74, 6) is 0. The van der Waals surface area contributed by atoms with Gasteiger partial charge in [0.2, 0.25) is 0 Å². The van der Waals surface area contributed by atoms with Crippen LogP contribution in [0.2, 0.25) is 10.0 Å². The lowest BCUT2D eigenvalue weighted by Crippen LogP contribution is -2.16. The van der Waals surface area contributed by atoms with E-state index in [1.807, 2.05) is 0 Å². The van der Waals surface area contributed by atoms with Gasteiger partial charge in [-0.25, -0.2) is 8.42 Å². The minimum absolute atomic E-state index is 0.170. The summed E-state index contributed by atoms with van der Waals surface area (Å²) in [5, 5.41) is 2.44. The first-order chi connectivity index (χ1) is 9.35. The Hall–Kier alpha value is -0.790. The molecule has 0 unspecified atom stereocenters. The van der Waals surface area contributed by atoms with E-state index >= 15 is 0 Å². The molecule has 1 heterocycles. The molecule has 2 aromatic rings. The molecule has 3 N–H and O–H groups in total. The van der Waals surface area contributed by atoms with Crippen LogP contribution in [0.1, 0.15) is 10.4 Å². The Morgan fingerprint density at radius 3 is 2.65 bits per heavy atom. The number of rotatable bonds is 4. The highest BCUT2D eigenvalue weighted by Crippen LogP contribution is 2.31. The highest BCUT2D eigenvalue weighted by molar-refractivity contribution is 7.93. The van der Waals surface area contributed by atoms with Crippen molar-refractivity contribution in [3.05, 3.63) is 44.1 Å². The van der Waals surface area contributed by atoms with Crippen LogP contribution in [0.25, 0.3) is 0 Å². The standard InChI is InChI=1S/C12H12Cl2N2O2S2/c1-7-6-19-11(5-15)12(7)20(17,18)16-10-3-2-8(13)4-9(10)14/h2-4,6,16H,5,15H2,1H3. The van der Waals surface area contributed by atoms with E-state index in [1.54, 1.807) is 18.4 Å². The average molecular weight is 351 g/mol. The number of hydrogen-bond acceptors (Lipinski definition) is 4. The summed E-state index contributed by atoms with van der Waals surface area (Å²) in [6.07, 6.45) is 0. The Morgan fingerprint density at radius 2 is 2.05 bits per heavy atom. The monoisotopic (exact) mass is 350 g/mol. The first kappa shape index (κ1) is 15.6. The maximum Gasteiger partial charge on any atom is 0.263 e. The van der Waals surface area contributed by atoms with E-state index in [-0.39, 0.29) is 22.2 Å². The number of nitrogens with two attached hydrogens (primary N) is 1. The van der Waals surface area contributed by atoms with Gasteiger partial charge in [-0.05, 0) is 36.1 Å². The zero-order valence-corrected chi connectivity index (χ0v) is 13.6. The second kappa shape index (κ2) is 5.91. The van der Waals surface area contributed by atoms with Crippen molar-refractivity contribution in [2.24, 2.45) is 5.73 Å². The summed E-state index contributed by atoms with van der Waals surface area (Å²) in [7, 11) is -3.73. The lowest BCUT2D eigenvalue weighted by atomic mass is 10.3. The quantitative estimate of drug-likeness (QED) is 0.884. The van der Waals surface area contributed by atoms with Gasteiger partial charge in [-0.2, -0.15) is 0 Å². The molecule has 0 fully saturated rings. The molecule has 2 rings (SSSR count). The number of benzene rings is 1. The predicted molar refractivity (Wildman–Crippen MR) is 84.2 cm³/mol. The second-order valence-corrected chi connectivity index (χ2v) is 7.53. The fourth-order valence-electron chi connectivity index (χ4n) is 1.76. The number of sulfonamides is 1. The molecule has 0 radical (unpaired) electrons. The van der Waals surface area contributed by atoms with Crippen molar-refractivity contribution < 1.29 is 8.42 Å². The molecule has 0 atom stereocenters. The SMILES string of the molecule is Cc1csc(CN)c1S(=O)(=O)Nc1ccc(Cl)cc1Cl. The zero-order chi connectivity index (χ0) is 14.9. The van der Waals surface area contributed by atoms with Crippen molar-refractivity contribution in [2.45, 2.75) is 18.4 Å². The van der Waals surface area contributed by atoms with Crippen molar-refractivity contribution in [2.75, 3.05) is 4.72 Å². The Bertz CT molecular complexity index is 742. The van der Waals surface area contributed by atoms with E-state index in [9.17, 15) is 8.42 Å². The molecular formula is C12H12Cl2N2O2S2. The van der Waals surface area contributed by atoms with Crippen molar-refractivity contribution in [1.29, 1.82) is 0 Å². The lowest BCUT2D eigenvalue weighted by Gasteiger charge is -2.11. The van der Waals surface area contributed by atoms with Crippen molar-refractivity contribution in [3.8, 4) is 0 Å². The number of aryl methyl sites for hydroxylation is 1. The third kappa shape index (κ3) is 3.10. The topological polar surface area (TPSA) is 72.2 Å². The number of hydrogen-bond donors (Lipinski definition) is 2. The van der Waals surface area contributed by atoms with Crippen molar-refractivity contribution >= 4 is 50.2 Å². The lowest BCUT2D eigenvalue weighted by molar-refractivity contribution is 0.600. The summed E-state index contributed by atoms with van der Waals surface area (Å²) in [4.78, 5) is 0.830. The molecule has 20 heavy (non-hydrogen) atoms. The van der Waals surface area contributed by atoms with Gasteiger partial charge >= 0.3 is 0 Å². The third-order valence-corrected chi connectivity index (χ3v) is 6.02. The smallest absolute Gasteiger partial charge is 0.263 e. The molecule has 0 saturated heterocycles. The first-order valence-electron chi connectivity index (χ1n) is 5.60. The van der Waals surface area contributed by atoms with Crippen LogP contribution in [0.4, 0.5) is 5.69 Å². The van der Waals surface area contributed by atoms with E-state index in [4.69, 9.17) is 28.9 Å². The average Bonchev–Trinajstić information content (AvgIpc) is 2.75. The molecule has 0 bridgehead atoms. The summed E-state index contributed by atoms with van der Waals surface area (Å²) in [5.41, 5.74) is 6.52. The molecule has 8 heteroatoms. The second-order valence-electron chi connectivity index (χ2n) is 4.10. The predicted octanol–water partition coefficient (Wildman–Crippen LogP) is 3.62. The largest absolute Gasteiger partial charge is 0.326 e. The van der Waals surface area contributed by atoms with Crippen LogP contribution < -0.4 is 10.5 Å². The molecule has 1 aromatic heterocycles. The number of thiophene rings is 1. The number of anilines is 1. The van der Waals surface area contributed by atoms with Gasteiger partial charge in [-0.1, -0.05) is 23.2 Å². The molecule has 0 aliphatic carbocycles. The Balaban J connectivity index is 2.43. The van der Waals surface area contributed by atoms with E-state index in [1.165, 1.54) is 23.5 Å². The maximum absolute atomic E-state index is 12.4. The van der Waals surface area contributed by atoms with Gasteiger partial charge in [-0.15, -0.1) is 11.3 Å². The van der Waals surface area contributed by atoms with Crippen LogP contribution in [0.5, 0.6) is 0 Å². The van der Waals surface area contributed by atoms with Crippen LogP contribution in [0, 0.1) is 6.92 Å². The van der Waals surface area contributed by atoms with Gasteiger partial charge in [0.25, 0.3) is 10.0 Å². The molecule has 1 aromatic carbocycles. The van der Waals surface area contributed by atoms with E-state index in [0.29, 0.717) is 15.5 Å². The molecule has 0 aliphatic heterocycles. The van der Waals surface area contributed by atoms with Crippen LogP contribution >= 0.6 is 34.5 Å². The zero-order valence-electron chi connectivity index (χ0n) is 10.5. The minimum atomic E-state index is -3.73. The summed E-state index contributed by atoms with van der Waals surface area (Å²) in [6.45, 7) is 1.90. The number of halogens is 2. The third-order valence-electron chi connectivity index (χ3n) is 2.62. The molecule has 0 aliphatic rings. The molecule has 108 valence electrons. The number of nitrogens with one attached hydrogen (secondary N) is 1. The Labute approximate surface area is 131 Å². The molecular weight excluding hydrogens is 339 g/mol.